The maximum Gasteiger partial charge on any atom is 0.320 e. The number of rotatable bonds is 8. The van der Waals surface area contributed by atoms with E-state index < -0.39 is 23.5 Å². The van der Waals surface area contributed by atoms with Gasteiger partial charge in [-0.05, 0) is 56.9 Å². The molecule has 0 saturated heterocycles. The minimum absolute atomic E-state index is 0.264. The molecule has 0 heterocycles. The first-order valence-corrected chi connectivity index (χ1v) is 8.96. The molecule has 1 aromatic rings. The summed E-state index contributed by atoms with van der Waals surface area (Å²) in [7, 11) is 0. The van der Waals surface area contributed by atoms with Crippen LogP contribution >= 0.6 is 0 Å². The van der Waals surface area contributed by atoms with Crippen LogP contribution in [0.25, 0.3) is 0 Å². The zero-order valence-electron chi connectivity index (χ0n) is 16.3. The van der Waals surface area contributed by atoms with Crippen LogP contribution < -0.4 is 0 Å². The maximum atomic E-state index is 12.3. The van der Waals surface area contributed by atoms with Gasteiger partial charge in [0.2, 0.25) is 0 Å². The molecule has 1 aromatic carbocycles. The Balaban J connectivity index is 2.87. The second kappa shape index (κ2) is 8.50. The first-order chi connectivity index (χ1) is 11.4. The third-order valence-electron chi connectivity index (χ3n) is 4.31. The Hall–Kier alpha value is -1.84. The maximum absolute atomic E-state index is 12.3. The summed E-state index contributed by atoms with van der Waals surface area (Å²) < 4.78 is 5.30. The van der Waals surface area contributed by atoms with Gasteiger partial charge in [-0.3, -0.25) is 9.59 Å². The lowest BCUT2D eigenvalue weighted by Gasteiger charge is -2.32. The van der Waals surface area contributed by atoms with Crippen LogP contribution in [0.5, 0.6) is 0 Å². The molecule has 0 spiro atoms. The molecule has 0 aliphatic heterocycles. The first kappa shape index (κ1) is 21.2. The van der Waals surface area contributed by atoms with Crippen LogP contribution in [0.1, 0.15) is 72.3 Å². The highest BCUT2D eigenvalue weighted by atomic mass is 16.6. The topological polar surface area (TPSA) is 63.6 Å². The Kier molecular flexibility index (Phi) is 7.21. The molecule has 0 aliphatic rings. The summed E-state index contributed by atoms with van der Waals surface area (Å²) in [6.45, 7) is 11.4. The molecule has 0 radical (unpaired) electrons. The highest BCUT2D eigenvalue weighted by Crippen LogP contribution is 2.38. The highest BCUT2D eigenvalue weighted by Gasteiger charge is 2.37. The van der Waals surface area contributed by atoms with Gasteiger partial charge in [-0.1, -0.05) is 51.1 Å². The number of esters is 1. The van der Waals surface area contributed by atoms with Gasteiger partial charge >= 0.3 is 11.9 Å². The van der Waals surface area contributed by atoms with Crippen molar-refractivity contribution in [3.8, 4) is 0 Å². The molecule has 0 amide bonds. The van der Waals surface area contributed by atoms with E-state index in [1.807, 2.05) is 32.0 Å². The fourth-order valence-corrected chi connectivity index (χ4v) is 3.17. The fourth-order valence-electron chi connectivity index (χ4n) is 3.17. The lowest BCUT2D eigenvalue weighted by atomic mass is 9.74. The third kappa shape index (κ3) is 7.29. The number of hydrogen-bond donors (Lipinski definition) is 1. The number of carbonyl (C=O) groups is 2. The minimum Gasteiger partial charge on any atom is -0.481 e. The van der Waals surface area contributed by atoms with Crippen LogP contribution in [-0.2, 0) is 14.3 Å². The average Bonchev–Trinajstić information content (AvgIpc) is 2.49. The van der Waals surface area contributed by atoms with Crippen molar-refractivity contribution in [1.82, 2.24) is 0 Å². The Morgan fingerprint density at radius 2 is 1.60 bits per heavy atom. The van der Waals surface area contributed by atoms with E-state index in [2.05, 4.69) is 19.1 Å². The van der Waals surface area contributed by atoms with Crippen LogP contribution in [0.15, 0.2) is 30.3 Å². The molecule has 2 atom stereocenters. The number of ether oxygens (including phenoxy) is 1. The highest BCUT2D eigenvalue weighted by molar-refractivity contribution is 5.94. The Morgan fingerprint density at radius 1 is 1.04 bits per heavy atom. The number of hydrogen-bond acceptors (Lipinski definition) is 3. The molecule has 1 rings (SSSR count). The smallest absolute Gasteiger partial charge is 0.320 e. The largest absolute Gasteiger partial charge is 0.481 e. The zero-order valence-corrected chi connectivity index (χ0v) is 16.3. The summed E-state index contributed by atoms with van der Waals surface area (Å²) >= 11 is 0. The van der Waals surface area contributed by atoms with Crippen molar-refractivity contribution in [3.63, 3.8) is 0 Å². The van der Waals surface area contributed by atoms with Crippen LogP contribution in [-0.4, -0.2) is 22.6 Å². The lowest BCUT2D eigenvalue weighted by molar-refractivity contribution is -0.168. The zero-order chi connectivity index (χ0) is 19.3. The summed E-state index contributed by atoms with van der Waals surface area (Å²) in [5, 5.41) is 9.51. The van der Waals surface area contributed by atoms with Gasteiger partial charge in [-0.2, -0.15) is 0 Å². The molecule has 0 bridgehead atoms. The van der Waals surface area contributed by atoms with Gasteiger partial charge in [0.15, 0.2) is 5.92 Å². The molecule has 0 fully saturated rings. The van der Waals surface area contributed by atoms with Gasteiger partial charge in [0, 0.05) is 0 Å². The second-order valence-electron chi connectivity index (χ2n) is 8.51. The summed E-state index contributed by atoms with van der Waals surface area (Å²) in [6, 6.07) is 10.2. The van der Waals surface area contributed by atoms with Crippen LogP contribution in [0.2, 0.25) is 0 Å². The monoisotopic (exact) mass is 348 g/mol. The van der Waals surface area contributed by atoms with Crippen molar-refractivity contribution in [2.45, 2.75) is 72.3 Å². The number of carbonyl (C=O) groups excluding carboxylic acids is 1. The molecule has 4 nitrogen and oxygen atoms in total. The molecule has 140 valence electrons. The number of carboxylic acid groups (broad SMARTS) is 1. The van der Waals surface area contributed by atoms with Crippen molar-refractivity contribution >= 4 is 11.9 Å². The van der Waals surface area contributed by atoms with Gasteiger partial charge < -0.3 is 9.84 Å². The molecule has 4 heteroatoms. The summed E-state index contributed by atoms with van der Waals surface area (Å²) in [4.78, 5) is 23.9. The molecule has 1 unspecified atom stereocenters. The van der Waals surface area contributed by atoms with Gasteiger partial charge in [0.1, 0.15) is 5.60 Å². The first-order valence-electron chi connectivity index (χ1n) is 8.96. The van der Waals surface area contributed by atoms with Gasteiger partial charge in [0.05, 0.1) is 0 Å². The van der Waals surface area contributed by atoms with E-state index in [1.54, 1.807) is 20.8 Å². The van der Waals surface area contributed by atoms with Crippen LogP contribution in [0, 0.1) is 11.3 Å². The van der Waals surface area contributed by atoms with E-state index in [4.69, 9.17) is 4.74 Å². The van der Waals surface area contributed by atoms with E-state index in [1.165, 1.54) is 5.56 Å². The van der Waals surface area contributed by atoms with Gasteiger partial charge in [-0.25, -0.2) is 0 Å². The number of carboxylic acids is 1. The van der Waals surface area contributed by atoms with E-state index in [0.29, 0.717) is 5.92 Å². The Bertz CT molecular complexity index is 569. The van der Waals surface area contributed by atoms with E-state index in [9.17, 15) is 14.7 Å². The average molecular weight is 348 g/mol. The van der Waals surface area contributed by atoms with Crippen molar-refractivity contribution < 1.29 is 19.4 Å². The summed E-state index contributed by atoms with van der Waals surface area (Å²) in [5.74, 6) is -2.57. The van der Waals surface area contributed by atoms with Gasteiger partial charge in [-0.15, -0.1) is 0 Å². The standard InChI is InChI=1S/C21H32O4/c1-7-15(16-11-9-8-10-12-16)13-21(5,6)14-17(18(22)23)19(24)25-20(2,3)4/h8-12,15,17H,7,13-14H2,1-6H3,(H,22,23)/t15-,17?/m1/s1. The second-order valence-corrected chi connectivity index (χ2v) is 8.51. The summed E-state index contributed by atoms with van der Waals surface area (Å²) in [6.07, 6.45) is 2.05. The third-order valence-corrected chi connectivity index (χ3v) is 4.31. The fraction of sp³-hybridized carbons (Fsp3) is 0.619. The molecular formula is C21H32O4. The van der Waals surface area contributed by atoms with Crippen molar-refractivity contribution in [1.29, 1.82) is 0 Å². The molecule has 1 N–H and O–H groups in total. The Morgan fingerprint density at radius 3 is 2.04 bits per heavy atom. The normalized spacial score (nSPS) is 14.6. The van der Waals surface area contributed by atoms with Crippen LogP contribution in [0.3, 0.4) is 0 Å². The molecule has 0 aliphatic carbocycles. The van der Waals surface area contributed by atoms with E-state index in [0.717, 1.165) is 12.8 Å². The van der Waals surface area contributed by atoms with E-state index in [-0.39, 0.29) is 11.8 Å². The molecular weight excluding hydrogens is 316 g/mol. The summed E-state index contributed by atoms with van der Waals surface area (Å²) in [5.41, 5.74) is 0.267. The quantitative estimate of drug-likeness (QED) is 0.529. The SMILES string of the molecule is CC[C@H](CC(C)(C)CC(C(=O)O)C(=O)OC(C)(C)C)c1ccccc1. The minimum atomic E-state index is -1.14. The molecule has 0 saturated carbocycles. The number of aliphatic carboxylic acids is 1. The van der Waals surface area contributed by atoms with Crippen molar-refractivity contribution in [2.24, 2.45) is 11.3 Å². The van der Waals surface area contributed by atoms with E-state index >= 15 is 0 Å². The predicted octanol–water partition coefficient (Wildman–Crippen LogP) is 5.03. The van der Waals surface area contributed by atoms with Gasteiger partial charge in [0.25, 0.3) is 0 Å². The predicted molar refractivity (Wildman–Crippen MR) is 99.5 cm³/mol. The molecule has 25 heavy (non-hydrogen) atoms. The molecule has 0 aromatic heterocycles. The van der Waals surface area contributed by atoms with Crippen molar-refractivity contribution in [2.75, 3.05) is 0 Å². The van der Waals surface area contributed by atoms with Crippen LogP contribution in [0.4, 0.5) is 0 Å². The Labute approximate surface area is 151 Å². The van der Waals surface area contributed by atoms with Crippen molar-refractivity contribution in [3.05, 3.63) is 35.9 Å². The number of benzene rings is 1. The lowest BCUT2D eigenvalue weighted by Crippen LogP contribution is -2.35.